The van der Waals surface area contributed by atoms with Gasteiger partial charge in [-0.2, -0.15) is 0 Å². The van der Waals surface area contributed by atoms with Gasteiger partial charge in [-0.05, 0) is 17.7 Å². The molecule has 1 aliphatic heterocycles. The lowest BCUT2D eigenvalue weighted by Gasteiger charge is -2.32. The van der Waals surface area contributed by atoms with Crippen LogP contribution in [0.3, 0.4) is 0 Å². The number of methoxy groups -OCH3 is 1. The molecule has 0 saturated carbocycles. The highest BCUT2D eigenvalue weighted by atomic mass is 35.5. The molecule has 0 radical (unpaired) electrons. The summed E-state index contributed by atoms with van der Waals surface area (Å²) < 4.78 is 17.6. The molecule has 166 valence electrons. The standard InChI is InChI=1S/C18H20ClNO3.C4H4O4/c1-21-16-11-14(19)7-8-15(16)23-18(13-5-3-2-4-6-13)17-12-20-9-10-22-17;5-3(6)1-2-4(7)8/h2-8,11,17-18,20H,9-10,12H2,1H3;1-2H,(H,5,6)(H,7,8)/t17-,18-;/m0./s1. The van der Waals surface area contributed by atoms with Gasteiger partial charge in [0.1, 0.15) is 6.10 Å². The zero-order valence-corrected chi connectivity index (χ0v) is 17.6. The van der Waals surface area contributed by atoms with Crippen molar-refractivity contribution in [2.75, 3.05) is 26.8 Å². The zero-order valence-electron chi connectivity index (χ0n) is 16.9. The van der Waals surface area contributed by atoms with Gasteiger partial charge in [-0.25, -0.2) is 9.59 Å². The van der Waals surface area contributed by atoms with Gasteiger partial charge in [0, 0.05) is 36.3 Å². The van der Waals surface area contributed by atoms with Crippen LogP contribution in [0.5, 0.6) is 11.5 Å². The van der Waals surface area contributed by atoms with E-state index >= 15 is 0 Å². The molecule has 9 heteroatoms. The van der Waals surface area contributed by atoms with Crippen molar-refractivity contribution < 1.29 is 34.0 Å². The Morgan fingerprint density at radius 1 is 1.13 bits per heavy atom. The molecular formula is C22H24ClNO7. The van der Waals surface area contributed by atoms with Crippen LogP contribution in [0.1, 0.15) is 11.7 Å². The Bertz CT molecular complexity index is 867. The number of carbonyl (C=O) groups is 2. The normalized spacial score (nSPS) is 16.6. The quantitative estimate of drug-likeness (QED) is 0.552. The Hall–Kier alpha value is -3.07. The van der Waals surface area contributed by atoms with Crippen LogP contribution in [0.4, 0.5) is 0 Å². The Kier molecular flexibility index (Phi) is 9.83. The number of hydrogen-bond acceptors (Lipinski definition) is 6. The third-order valence-corrected chi connectivity index (χ3v) is 4.41. The SMILES string of the molecule is COc1cc(Cl)ccc1O[C@@H](c1ccccc1)[C@@H]1CNCCO1.O=C(O)C=CC(=O)O. The molecule has 0 bridgehead atoms. The van der Waals surface area contributed by atoms with E-state index < -0.39 is 11.9 Å². The van der Waals surface area contributed by atoms with Gasteiger partial charge in [0.2, 0.25) is 0 Å². The van der Waals surface area contributed by atoms with Crippen LogP contribution >= 0.6 is 11.6 Å². The molecule has 1 saturated heterocycles. The topological polar surface area (TPSA) is 114 Å². The van der Waals surface area contributed by atoms with E-state index in [0.29, 0.717) is 35.3 Å². The summed E-state index contributed by atoms with van der Waals surface area (Å²) in [5, 5.41) is 19.6. The monoisotopic (exact) mass is 449 g/mol. The maximum atomic E-state index is 9.55. The van der Waals surface area contributed by atoms with Gasteiger partial charge < -0.3 is 29.7 Å². The molecule has 1 aliphatic rings. The highest BCUT2D eigenvalue weighted by Gasteiger charge is 2.28. The highest BCUT2D eigenvalue weighted by Crippen LogP contribution is 2.35. The van der Waals surface area contributed by atoms with Crippen LogP contribution in [0.25, 0.3) is 0 Å². The fourth-order valence-electron chi connectivity index (χ4n) is 2.80. The van der Waals surface area contributed by atoms with Gasteiger partial charge in [0.05, 0.1) is 13.7 Å². The van der Waals surface area contributed by atoms with E-state index in [1.54, 1.807) is 19.2 Å². The molecule has 2 atom stereocenters. The minimum Gasteiger partial charge on any atom is -0.493 e. The second-order valence-electron chi connectivity index (χ2n) is 6.37. The molecule has 31 heavy (non-hydrogen) atoms. The van der Waals surface area contributed by atoms with Gasteiger partial charge >= 0.3 is 11.9 Å². The summed E-state index contributed by atoms with van der Waals surface area (Å²) in [5.74, 6) is -1.25. The van der Waals surface area contributed by atoms with Crippen LogP contribution in [-0.2, 0) is 14.3 Å². The maximum Gasteiger partial charge on any atom is 0.328 e. The Labute approximate surface area is 185 Å². The Balaban J connectivity index is 0.000000366. The molecular weight excluding hydrogens is 426 g/mol. The predicted octanol–water partition coefficient (Wildman–Crippen LogP) is 3.17. The second-order valence-corrected chi connectivity index (χ2v) is 6.80. The van der Waals surface area contributed by atoms with E-state index in [1.807, 2.05) is 36.4 Å². The lowest BCUT2D eigenvalue weighted by molar-refractivity contribution is -0.134. The molecule has 3 rings (SSSR count). The average Bonchev–Trinajstić information content (AvgIpc) is 2.78. The van der Waals surface area contributed by atoms with E-state index in [0.717, 1.165) is 18.7 Å². The van der Waals surface area contributed by atoms with Crippen LogP contribution in [-0.4, -0.2) is 55.1 Å². The summed E-state index contributed by atoms with van der Waals surface area (Å²) in [6.45, 7) is 2.28. The van der Waals surface area contributed by atoms with Crippen molar-refractivity contribution >= 4 is 23.5 Å². The number of carboxylic acid groups (broad SMARTS) is 2. The number of benzene rings is 2. The molecule has 0 aliphatic carbocycles. The molecule has 2 aromatic carbocycles. The number of halogens is 1. The van der Waals surface area contributed by atoms with Crippen molar-refractivity contribution in [1.82, 2.24) is 5.32 Å². The van der Waals surface area contributed by atoms with Crippen molar-refractivity contribution in [3.05, 3.63) is 71.3 Å². The summed E-state index contributed by atoms with van der Waals surface area (Å²) in [6, 6.07) is 15.5. The lowest BCUT2D eigenvalue weighted by atomic mass is 10.0. The molecule has 0 aromatic heterocycles. The molecule has 1 heterocycles. The van der Waals surface area contributed by atoms with Crippen LogP contribution in [0.15, 0.2) is 60.7 Å². The number of morpholine rings is 1. The third-order valence-electron chi connectivity index (χ3n) is 4.17. The molecule has 0 unspecified atom stereocenters. The minimum atomic E-state index is -1.26. The Morgan fingerprint density at radius 3 is 2.35 bits per heavy atom. The van der Waals surface area contributed by atoms with E-state index in [-0.39, 0.29) is 12.2 Å². The molecule has 0 amide bonds. The number of hydrogen-bond donors (Lipinski definition) is 3. The first-order chi connectivity index (χ1) is 14.9. The van der Waals surface area contributed by atoms with Gasteiger partial charge in [0.15, 0.2) is 17.6 Å². The number of ether oxygens (including phenoxy) is 3. The van der Waals surface area contributed by atoms with Gasteiger partial charge in [-0.1, -0.05) is 41.9 Å². The number of carboxylic acids is 2. The average molecular weight is 450 g/mol. The van der Waals surface area contributed by atoms with Crippen molar-refractivity contribution in [2.24, 2.45) is 0 Å². The number of aliphatic carboxylic acids is 2. The summed E-state index contributed by atoms with van der Waals surface area (Å²) in [5.41, 5.74) is 1.07. The van der Waals surface area contributed by atoms with Gasteiger partial charge in [-0.3, -0.25) is 0 Å². The third kappa shape index (κ3) is 8.29. The predicted molar refractivity (Wildman–Crippen MR) is 115 cm³/mol. The van der Waals surface area contributed by atoms with E-state index in [1.165, 1.54) is 0 Å². The Morgan fingerprint density at radius 2 is 1.81 bits per heavy atom. The summed E-state index contributed by atoms with van der Waals surface area (Å²) >= 11 is 6.03. The molecule has 2 aromatic rings. The smallest absolute Gasteiger partial charge is 0.328 e. The summed E-state index contributed by atoms with van der Waals surface area (Å²) in [4.78, 5) is 19.1. The van der Waals surface area contributed by atoms with Crippen LogP contribution < -0.4 is 14.8 Å². The largest absolute Gasteiger partial charge is 0.493 e. The fraction of sp³-hybridized carbons (Fsp3) is 0.273. The van der Waals surface area contributed by atoms with Crippen LogP contribution in [0, 0.1) is 0 Å². The van der Waals surface area contributed by atoms with Crippen LogP contribution in [0.2, 0.25) is 5.02 Å². The van der Waals surface area contributed by atoms with Gasteiger partial charge in [0.25, 0.3) is 0 Å². The second kappa shape index (κ2) is 12.6. The first-order valence-corrected chi connectivity index (χ1v) is 9.80. The number of nitrogens with one attached hydrogen (secondary N) is 1. The molecule has 0 spiro atoms. The van der Waals surface area contributed by atoms with Crippen molar-refractivity contribution in [3.8, 4) is 11.5 Å². The molecule has 1 fully saturated rings. The summed E-state index contributed by atoms with van der Waals surface area (Å²) in [7, 11) is 1.61. The van der Waals surface area contributed by atoms with Crippen molar-refractivity contribution in [1.29, 1.82) is 0 Å². The first-order valence-electron chi connectivity index (χ1n) is 9.42. The van der Waals surface area contributed by atoms with E-state index in [4.69, 9.17) is 36.0 Å². The fourth-order valence-corrected chi connectivity index (χ4v) is 2.96. The minimum absolute atomic E-state index is 0.0634. The highest BCUT2D eigenvalue weighted by molar-refractivity contribution is 6.30. The summed E-state index contributed by atoms with van der Waals surface area (Å²) in [6.07, 6.45) is 0.829. The van der Waals surface area contributed by atoms with Gasteiger partial charge in [-0.15, -0.1) is 0 Å². The maximum absolute atomic E-state index is 9.55. The van der Waals surface area contributed by atoms with E-state index in [2.05, 4.69) is 5.32 Å². The molecule has 8 nitrogen and oxygen atoms in total. The van der Waals surface area contributed by atoms with Crippen molar-refractivity contribution in [3.63, 3.8) is 0 Å². The number of rotatable bonds is 7. The zero-order chi connectivity index (χ0) is 22.6. The molecule has 3 N–H and O–H groups in total. The lowest BCUT2D eigenvalue weighted by Crippen LogP contribution is -2.43. The van der Waals surface area contributed by atoms with E-state index in [9.17, 15) is 9.59 Å². The van der Waals surface area contributed by atoms with Crippen molar-refractivity contribution in [2.45, 2.75) is 12.2 Å². The first kappa shape index (κ1) is 24.2.